The first kappa shape index (κ1) is 23.6. The molecule has 0 spiro atoms. The lowest BCUT2D eigenvalue weighted by Crippen LogP contribution is -2.48. The Morgan fingerprint density at radius 1 is 0.971 bits per heavy atom. The Morgan fingerprint density at radius 2 is 1.74 bits per heavy atom. The van der Waals surface area contributed by atoms with Crippen LogP contribution in [0.15, 0.2) is 78.9 Å². The standard InChI is InChI=1S/C29H32N2O3/c1-21-9-8-13-24(17-21)25-18-26(20-31(19-25)29(33)23-11-4-3-5-12-23)28(32)30-16-15-22-10-6-7-14-27(22)34-2/h3-14,17,25-26H,15-16,18-20H2,1-2H3,(H,30,32). The largest absolute Gasteiger partial charge is 0.496 e. The number of carbonyl (C=O) groups is 2. The van der Waals surface area contributed by atoms with Crippen molar-refractivity contribution in [2.24, 2.45) is 5.92 Å². The van der Waals surface area contributed by atoms with Gasteiger partial charge in [0.05, 0.1) is 13.0 Å². The van der Waals surface area contributed by atoms with Crippen LogP contribution in [0.4, 0.5) is 0 Å². The zero-order chi connectivity index (χ0) is 23.9. The SMILES string of the molecule is COc1ccccc1CCNC(=O)C1CC(c2cccc(C)c2)CN(C(=O)c2ccccc2)C1. The molecule has 1 N–H and O–H groups in total. The predicted molar refractivity (Wildman–Crippen MR) is 134 cm³/mol. The Labute approximate surface area is 201 Å². The molecule has 1 aliphatic rings. The minimum absolute atomic E-state index is 0.00175. The van der Waals surface area contributed by atoms with Crippen LogP contribution >= 0.6 is 0 Å². The molecule has 1 heterocycles. The highest BCUT2D eigenvalue weighted by Crippen LogP contribution is 2.32. The number of hydrogen-bond acceptors (Lipinski definition) is 3. The number of para-hydroxylation sites is 1. The topological polar surface area (TPSA) is 58.6 Å². The normalized spacial score (nSPS) is 17.8. The molecule has 2 unspecified atom stereocenters. The van der Waals surface area contributed by atoms with Gasteiger partial charge >= 0.3 is 0 Å². The molecular formula is C29H32N2O3. The van der Waals surface area contributed by atoms with Gasteiger partial charge in [-0.3, -0.25) is 9.59 Å². The molecule has 2 amide bonds. The first-order chi connectivity index (χ1) is 16.5. The Morgan fingerprint density at radius 3 is 2.50 bits per heavy atom. The highest BCUT2D eigenvalue weighted by atomic mass is 16.5. The van der Waals surface area contributed by atoms with Crippen LogP contribution in [0.1, 0.15) is 39.4 Å². The van der Waals surface area contributed by atoms with E-state index in [-0.39, 0.29) is 23.7 Å². The second kappa shape index (κ2) is 11.0. The van der Waals surface area contributed by atoms with Crippen molar-refractivity contribution in [1.82, 2.24) is 10.2 Å². The van der Waals surface area contributed by atoms with Gasteiger partial charge in [0.1, 0.15) is 5.75 Å². The van der Waals surface area contributed by atoms with Crippen LogP contribution in [0, 0.1) is 12.8 Å². The fourth-order valence-electron chi connectivity index (χ4n) is 4.76. The molecule has 3 aromatic rings. The number of rotatable bonds is 7. The molecule has 0 radical (unpaired) electrons. The van der Waals surface area contributed by atoms with E-state index in [1.54, 1.807) is 7.11 Å². The van der Waals surface area contributed by atoms with Gasteiger partial charge in [0.2, 0.25) is 5.91 Å². The van der Waals surface area contributed by atoms with Gasteiger partial charge in [-0.1, -0.05) is 66.2 Å². The number of carbonyl (C=O) groups excluding carboxylic acids is 2. The molecule has 3 aromatic carbocycles. The summed E-state index contributed by atoms with van der Waals surface area (Å²) in [5.74, 6) is 0.660. The maximum Gasteiger partial charge on any atom is 0.253 e. The zero-order valence-corrected chi connectivity index (χ0v) is 19.9. The fourth-order valence-corrected chi connectivity index (χ4v) is 4.76. The fraction of sp³-hybridized carbons (Fsp3) is 0.310. The quantitative estimate of drug-likeness (QED) is 0.565. The van der Waals surface area contributed by atoms with Gasteiger partial charge in [0.25, 0.3) is 5.91 Å². The van der Waals surface area contributed by atoms with E-state index in [9.17, 15) is 9.59 Å². The third-order valence-corrected chi connectivity index (χ3v) is 6.53. The average molecular weight is 457 g/mol. The van der Waals surface area contributed by atoms with Crippen LogP contribution in [-0.2, 0) is 11.2 Å². The highest BCUT2D eigenvalue weighted by Gasteiger charge is 2.34. The second-order valence-electron chi connectivity index (χ2n) is 8.97. The molecule has 0 aliphatic carbocycles. The number of nitrogens with one attached hydrogen (secondary N) is 1. The van der Waals surface area contributed by atoms with E-state index in [1.807, 2.05) is 65.6 Å². The number of nitrogens with zero attached hydrogens (tertiary/aromatic N) is 1. The number of aryl methyl sites for hydroxylation is 1. The third kappa shape index (κ3) is 5.66. The van der Waals surface area contributed by atoms with Crippen LogP contribution < -0.4 is 10.1 Å². The number of benzene rings is 3. The van der Waals surface area contributed by atoms with Crippen LogP contribution in [0.2, 0.25) is 0 Å². The van der Waals surface area contributed by atoms with Crippen molar-refractivity contribution in [2.75, 3.05) is 26.7 Å². The summed E-state index contributed by atoms with van der Waals surface area (Å²) in [4.78, 5) is 28.3. The predicted octanol–water partition coefficient (Wildman–Crippen LogP) is 4.61. The van der Waals surface area contributed by atoms with Gasteiger partial charge in [-0.05, 0) is 49.1 Å². The molecule has 1 saturated heterocycles. The number of ether oxygens (including phenoxy) is 1. The number of hydrogen-bond donors (Lipinski definition) is 1. The van der Waals surface area contributed by atoms with Crippen molar-refractivity contribution >= 4 is 11.8 Å². The van der Waals surface area contributed by atoms with Crippen molar-refractivity contribution in [3.63, 3.8) is 0 Å². The molecule has 1 aliphatic heterocycles. The molecule has 34 heavy (non-hydrogen) atoms. The number of amides is 2. The van der Waals surface area contributed by atoms with Crippen molar-refractivity contribution in [1.29, 1.82) is 0 Å². The van der Waals surface area contributed by atoms with E-state index in [4.69, 9.17) is 4.74 Å². The summed E-state index contributed by atoms with van der Waals surface area (Å²) in [6, 6.07) is 25.6. The molecule has 1 fully saturated rings. The molecule has 5 nitrogen and oxygen atoms in total. The number of methoxy groups -OCH3 is 1. The van der Waals surface area contributed by atoms with Gasteiger partial charge in [0.15, 0.2) is 0 Å². The van der Waals surface area contributed by atoms with E-state index < -0.39 is 0 Å². The number of likely N-dealkylation sites (tertiary alicyclic amines) is 1. The van der Waals surface area contributed by atoms with E-state index in [1.165, 1.54) is 11.1 Å². The number of piperidine rings is 1. The summed E-state index contributed by atoms with van der Waals surface area (Å²) in [6.45, 7) is 3.64. The molecule has 5 heteroatoms. The molecular weight excluding hydrogens is 424 g/mol. The molecule has 0 bridgehead atoms. The maximum atomic E-state index is 13.3. The second-order valence-corrected chi connectivity index (χ2v) is 8.97. The first-order valence-corrected chi connectivity index (χ1v) is 11.9. The first-order valence-electron chi connectivity index (χ1n) is 11.9. The van der Waals surface area contributed by atoms with Crippen LogP contribution in [0.25, 0.3) is 0 Å². The van der Waals surface area contributed by atoms with Crippen molar-refractivity contribution in [3.8, 4) is 5.75 Å². The van der Waals surface area contributed by atoms with Crippen molar-refractivity contribution < 1.29 is 14.3 Å². The highest BCUT2D eigenvalue weighted by molar-refractivity contribution is 5.94. The van der Waals surface area contributed by atoms with Crippen molar-refractivity contribution in [2.45, 2.75) is 25.7 Å². The molecule has 2 atom stereocenters. The summed E-state index contributed by atoms with van der Waals surface area (Å²) in [5.41, 5.74) is 4.08. The van der Waals surface area contributed by atoms with Gasteiger partial charge < -0.3 is 15.0 Å². The molecule has 0 saturated carbocycles. The Bertz CT molecular complexity index is 1130. The Hall–Kier alpha value is -3.60. The van der Waals surface area contributed by atoms with Gasteiger partial charge in [0, 0.05) is 31.1 Å². The maximum absolute atomic E-state index is 13.3. The van der Waals surface area contributed by atoms with Gasteiger partial charge in [-0.15, -0.1) is 0 Å². The monoisotopic (exact) mass is 456 g/mol. The smallest absolute Gasteiger partial charge is 0.253 e. The minimum Gasteiger partial charge on any atom is -0.496 e. The Kier molecular flexibility index (Phi) is 7.63. The minimum atomic E-state index is -0.260. The summed E-state index contributed by atoms with van der Waals surface area (Å²) in [6.07, 6.45) is 1.42. The van der Waals surface area contributed by atoms with Crippen LogP contribution in [0.3, 0.4) is 0 Å². The van der Waals surface area contributed by atoms with Gasteiger partial charge in [-0.25, -0.2) is 0 Å². The molecule has 0 aromatic heterocycles. The van der Waals surface area contributed by atoms with Crippen LogP contribution in [-0.4, -0.2) is 43.5 Å². The lowest BCUT2D eigenvalue weighted by atomic mass is 9.83. The lowest BCUT2D eigenvalue weighted by Gasteiger charge is -2.37. The van der Waals surface area contributed by atoms with Crippen molar-refractivity contribution in [3.05, 3.63) is 101 Å². The summed E-state index contributed by atoms with van der Waals surface area (Å²) in [5, 5.41) is 3.10. The van der Waals surface area contributed by atoms with E-state index in [0.29, 0.717) is 31.6 Å². The van der Waals surface area contributed by atoms with E-state index in [0.717, 1.165) is 17.7 Å². The summed E-state index contributed by atoms with van der Waals surface area (Å²) in [7, 11) is 1.66. The zero-order valence-electron chi connectivity index (χ0n) is 19.9. The molecule has 176 valence electrons. The summed E-state index contributed by atoms with van der Waals surface area (Å²) >= 11 is 0. The van der Waals surface area contributed by atoms with Crippen LogP contribution in [0.5, 0.6) is 5.75 Å². The Balaban J connectivity index is 1.48. The summed E-state index contributed by atoms with van der Waals surface area (Å²) < 4.78 is 5.42. The van der Waals surface area contributed by atoms with E-state index >= 15 is 0 Å². The molecule has 4 rings (SSSR count). The average Bonchev–Trinajstić information content (AvgIpc) is 2.88. The lowest BCUT2D eigenvalue weighted by molar-refractivity contribution is -0.126. The van der Waals surface area contributed by atoms with Gasteiger partial charge in [-0.2, -0.15) is 0 Å². The third-order valence-electron chi connectivity index (χ3n) is 6.53. The van der Waals surface area contributed by atoms with E-state index in [2.05, 4.69) is 30.4 Å².